The van der Waals surface area contributed by atoms with Crippen molar-refractivity contribution in [1.82, 2.24) is 9.78 Å². The zero-order chi connectivity index (χ0) is 25.6. The van der Waals surface area contributed by atoms with Crippen LogP contribution in [0.25, 0.3) is 16.9 Å². The first kappa shape index (κ1) is 23.5. The highest BCUT2D eigenvalue weighted by Gasteiger charge is 2.20. The molecule has 0 atom stereocenters. The Balaban J connectivity index is 1.28. The molecular weight excluding hydrogens is 470 g/mol. The zero-order valence-corrected chi connectivity index (χ0v) is 19.6. The minimum Gasteiger partial charge on any atom is -0.457 e. The maximum Gasteiger partial charge on any atom is 0.342 e. The molecule has 0 amide bonds. The van der Waals surface area contributed by atoms with Crippen LogP contribution in [-0.4, -0.2) is 20.7 Å². The van der Waals surface area contributed by atoms with Crippen LogP contribution in [0.2, 0.25) is 0 Å². The number of para-hydroxylation sites is 1. The molecule has 4 aromatic carbocycles. The van der Waals surface area contributed by atoms with Crippen molar-refractivity contribution in [1.29, 1.82) is 0 Å². The van der Waals surface area contributed by atoms with E-state index in [1.54, 1.807) is 35.1 Å². The second kappa shape index (κ2) is 10.6. The summed E-state index contributed by atoms with van der Waals surface area (Å²) in [7, 11) is 0. The van der Waals surface area contributed by atoms with Gasteiger partial charge >= 0.3 is 5.97 Å². The summed E-state index contributed by atoms with van der Waals surface area (Å²) in [4.78, 5) is 23.4. The largest absolute Gasteiger partial charge is 0.457 e. The van der Waals surface area contributed by atoms with Crippen molar-refractivity contribution >= 4 is 11.7 Å². The second-order valence-electron chi connectivity index (χ2n) is 8.11. The minimum atomic E-state index is -0.479. The van der Waals surface area contributed by atoms with E-state index in [1.165, 1.54) is 24.3 Å². The third-order valence-corrected chi connectivity index (χ3v) is 5.58. The van der Waals surface area contributed by atoms with Crippen molar-refractivity contribution < 1.29 is 19.2 Å². The van der Waals surface area contributed by atoms with Gasteiger partial charge in [-0.05, 0) is 42.0 Å². The number of esters is 1. The number of nitrogens with zero attached hydrogens (tertiary/aromatic N) is 3. The first-order valence-corrected chi connectivity index (χ1v) is 11.5. The summed E-state index contributed by atoms with van der Waals surface area (Å²) >= 11 is 0. The number of nitro groups is 1. The van der Waals surface area contributed by atoms with Gasteiger partial charge in [0.25, 0.3) is 5.69 Å². The van der Waals surface area contributed by atoms with Gasteiger partial charge in [0.2, 0.25) is 0 Å². The predicted octanol–water partition coefficient (Wildman–Crippen LogP) is 6.60. The summed E-state index contributed by atoms with van der Waals surface area (Å²) in [6.45, 7) is 0.0708. The number of aromatic nitrogens is 2. The van der Waals surface area contributed by atoms with Gasteiger partial charge in [0.15, 0.2) is 0 Å². The Hall–Kier alpha value is -5.24. The Labute approximate surface area is 212 Å². The standard InChI is InChI=1S/C29H21N3O5/c33-29(27-19-31(23-9-5-2-6-10-23)30-28(27)22-7-3-1-4-8-22)36-20-21-11-15-25(16-12-21)37-26-17-13-24(14-18-26)32(34)35/h1-19H,20H2. The van der Waals surface area contributed by atoms with E-state index in [4.69, 9.17) is 9.47 Å². The number of carbonyl (C=O) groups excluding carboxylic acids is 1. The quantitative estimate of drug-likeness (QED) is 0.138. The molecular formula is C29H21N3O5. The summed E-state index contributed by atoms with van der Waals surface area (Å²) in [5.41, 5.74) is 3.34. The first-order chi connectivity index (χ1) is 18.1. The fourth-order valence-corrected chi connectivity index (χ4v) is 3.70. The van der Waals surface area contributed by atoms with Crippen LogP contribution in [0.15, 0.2) is 115 Å². The van der Waals surface area contributed by atoms with Crippen LogP contribution >= 0.6 is 0 Å². The zero-order valence-electron chi connectivity index (χ0n) is 19.6. The van der Waals surface area contributed by atoms with Crippen molar-refractivity contribution in [2.75, 3.05) is 0 Å². The topological polar surface area (TPSA) is 96.5 Å². The SMILES string of the molecule is O=C(OCc1ccc(Oc2ccc([N+](=O)[O-])cc2)cc1)c1cn(-c2ccccc2)nc1-c1ccccc1. The molecule has 0 N–H and O–H groups in total. The first-order valence-electron chi connectivity index (χ1n) is 11.5. The van der Waals surface area contributed by atoms with E-state index in [1.807, 2.05) is 60.7 Å². The number of benzene rings is 4. The maximum absolute atomic E-state index is 13.1. The Morgan fingerprint density at radius 3 is 2.03 bits per heavy atom. The highest BCUT2D eigenvalue weighted by molar-refractivity contribution is 5.96. The van der Waals surface area contributed by atoms with Gasteiger partial charge in [0, 0.05) is 23.9 Å². The van der Waals surface area contributed by atoms with Crippen LogP contribution in [0, 0.1) is 10.1 Å². The molecule has 1 heterocycles. The summed E-state index contributed by atoms with van der Waals surface area (Å²) < 4.78 is 13.0. The molecule has 0 radical (unpaired) electrons. The lowest BCUT2D eigenvalue weighted by Crippen LogP contribution is -2.06. The smallest absolute Gasteiger partial charge is 0.342 e. The lowest BCUT2D eigenvalue weighted by molar-refractivity contribution is -0.384. The van der Waals surface area contributed by atoms with Crippen LogP contribution in [0.5, 0.6) is 11.5 Å². The number of rotatable bonds is 8. The van der Waals surface area contributed by atoms with Crippen LogP contribution in [0.3, 0.4) is 0 Å². The Kier molecular flexibility index (Phi) is 6.72. The number of ether oxygens (including phenoxy) is 2. The molecule has 5 rings (SSSR count). The van der Waals surface area contributed by atoms with E-state index in [0.29, 0.717) is 22.8 Å². The van der Waals surface area contributed by atoms with Crippen molar-refractivity contribution in [3.05, 3.63) is 137 Å². The highest BCUT2D eigenvalue weighted by Crippen LogP contribution is 2.26. The number of hydrogen-bond donors (Lipinski definition) is 0. The molecule has 0 fully saturated rings. The molecule has 5 aromatic rings. The summed E-state index contributed by atoms with van der Waals surface area (Å²) in [5, 5.41) is 15.4. The van der Waals surface area contributed by atoms with Gasteiger partial charge < -0.3 is 9.47 Å². The van der Waals surface area contributed by atoms with Crippen LogP contribution in [0.1, 0.15) is 15.9 Å². The van der Waals surface area contributed by atoms with Crippen LogP contribution < -0.4 is 4.74 Å². The minimum absolute atomic E-state index is 0.00533. The second-order valence-corrected chi connectivity index (χ2v) is 8.11. The Bertz CT molecular complexity index is 1510. The summed E-state index contributed by atoms with van der Waals surface area (Å²) in [6, 6.07) is 32.0. The number of hydrogen-bond acceptors (Lipinski definition) is 6. The van der Waals surface area contributed by atoms with Crippen molar-refractivity contribution in [2.24, 2.45) is 0 Å². The molecule has 8 heteroatoms. The van der Waals surface area contributed by atoms with E-state index in [0.717, 1.165) is 16.8 Å². The molecule has 0 saturated carbocycles. The Morgan fingerprint density at radius 2 is 1.41 bits per heavy atom. The van der Waals surface area contributed by atoms with Gasteiger partial charge in [-0.2, -0.15) is 5.10 Å². The third-order valence-electron chi connectivity index (χ3n) is 5.58. The molecule has 0 unspecified atom stereocenters. The third kappa shape index (κ3) is 5.54. The molecule has 0 bridgehead atoms. The van der Waals surface area contributed by atoms with Gasteiger partial charge in [-0.3, -0.25) is 10.1 Å². The molecule has 37 heavy (non-hydrogen) atoms. The van der Waals surface area contributed by atoms with Gasteiger partial charge in [0.05, 0.1) is 10.6 Å². The lowest BCUT2D eigenvalue weighted by atomic mass is 10.1. The maximum atomic E-state index is 13.1. The Morgan fingerprint density at radius 1 is 0.811 bits per heavy atom. The molecule has 0 spiro atoms. The van der Waals surface area contributed by atoms with E-state index < -0.39 is 10.9 Å². The van der Waals surface area contributed by atoms with Gasteiger partial charge in [-0.1, -0.05) is 60.7 Å². The number of carbonyl (C=O) groups is 1. The van der Waals surface area contributed by atoms with E-state index in [9.17, 15) is 14.9 Å². The van der Waals surface area contributed by atoms with Crippen LogP contribution in [0.4, 0.5) is 5.69 Å². The number of nitro benzene ring substituents is 1. The van der Waals surface area contributed by atoms with Gasteiger partial charge in [-0.25, -0.2) is 9.48 Å². The van der Waals surface area contributed by atoms with Crippen molar-refractivity contribution in [2.45, 2.75) is 6.61 Å². The van der Waals surface area contributed by atoms with Gasteiger partial charge in [-0.15, -0.1) is 0 Å². The summed E-state index contributed by atoms with van der Waals surface area (Å²) in [6.07, 6.45) is 1.68. The fourth-order valence-electron chi connectivity index (χ4n) is 3.70. The van der Waals surface area contributed by atoms with Gasteiger partial charge in [0.1, 0.15) is 29.4 Å². The predicted molar refractivity (Wildman–Crippen MR) is 138 cm³/mol. The van der Waals surface area contributed by atoms with E-state index in [2.05, 4.69) is 5.10 Å². The average molecular weight is 492 g/mol. The molecule has 0 aliphatic carbocycles. The van der Waals surface area contributed by atoms with Crippen molar-refractivity contribution in [3.63, 3.8) is 0 Å². The lowest BCUT2D eigenvalue weighted by Gasteiger charge is -2.08. The molecule has 0 saturated heterocycles. The molecule has 182 valence electrons. The monoisotopic (exact) mass is 491 g/mol. The molecule has 0 aliphatic rings. The fraction of sp³-hybridized carbons (Fsp3) is 0.0345. The molecule has 8 nitrogen and oxygen atoms in total. The number of non-ortho nitro benzene ring substituents is 1. The van der Waals surface area contributed by atoms with Crippen LogP contribution in [-0.2, 0) is 11.3 Å². The van der Waals surface area contributed by atoms with E-state index in [-0.39, 0.29) is 12.3 Å². The van der Waals surface area contributed by atoms with Crippen molar-refractivity contribution in [3.8, 4) is 28.4 Å². The highest BCUT2D eigenvalue weighted by atomic mass is 16.6. The molecule has 0 aliphatic heterocycles. The summed E-state index contributed by atoms with van der Waals surface area (Å²) in [5.74, 6) is 0.556. The molecule has 1 aromatic heterocycles. The van der Waals surface area contributed by atoms with E-state index >= 15 is 0 Å². The average Bonchev–Trinajstić information content (AvgIpc) is 3.40. The normalized spacial score (nSPS) is 10.6.